The van der Waals surface area contributed by atoms with Gasteiger partial charge in [-0.05, 0) is 41.8 Å². The summed E-state index contributed by atoms with van der Waals surface area (Å²) in [6, 6.07) is 7.80. The summed E-state index contributed by atoms with van der Waals surface area (Å²) in [5.74, 6) is -0.990. The van der Waals surface area contributed by atoms with E-state index in [4.69, 9.17) is 28.9 Å². The zero-order valence-corrected chi connectivity index (χ0v) is 11.3. The molecule has 0 saturated carbocycles. The van der Waals surface area contributed by atoms with Crippen molar-refractivity contribution in [3.8, 4) is 0 Å². The molecule has 19 heavy (non-hydrogen) atoms. The van der Waals surface area contributed by atoms with Gasteiger partial charge in [0.25, 0.3) is 0 Å². The Kier molecular flexibility index (Phi) is 4.40. The molecular weight excluding hydrogens is 291 g/mol. The molecule has 0 fully saturated rings. The molecule has 2 N–H and O–H groups in total. The summed E-state index contributed by atoms with van der Waals surface area (Å²) >= 11 is 11.9. The first-order chi connectivity index (χ1) is 8.99. The second-order valence-corrected chi connectivity index (χ2v) is 4.97. The van der Waals surface area contributed by atoms with Crippen LogP contribution in [0.4, 0.5) is 8.78 Å². The molecule has 1 unspecified atom stereocenters. The van der Waals surface area contributed by atoms with E-state index in [1.165, 1.54) is 0 Å². The lowest BCUT2D eigenvalue weighted by atomic mass is 9.99. The molecule has 5 heteroatoms. The van der Waals surface area contributed by atoms with Crippen molar-refractivity contribution in [2.75, 3.05) is 0 Å². The highest BCUT2D eigenvalue weighted by Gasteiger charge is 2.15. The Morgan fingerprint density at radius 2 is 1.84 bits per heavy atom. The minimum absolute atomic E-state index is 0.143. The fourth-order valence-corrected chi connectivity index (χ4v) is 2.30. The topological polar surface area (TPSA) is 26.0 Å². The molecule has 1 atom stereocenters. The third-order valence-electron chi connectivity index (χ3n) is 2.83. The molecule has 0 aliphatic heterocycles. The maximum absolute atomic E-state index is 13.5. The standard InChI is InChI=1S/C14H11Cl2F2N/c15-11-3-1-2-10(14(11)16)13(19)7-8-6-9(17)4-5-12(8)18/h1-6,13H,7,19H2. The maximum Gasteiger partial charge on any atom is 0.126 e. The first-order valence-electron chi connectivity index (χ1n) is 5.62. The van der Waals surface area contributed by atoms with Crippen molar-refractivity contribution in [1.29, 1.82) is 0 Å². The number of rotatable bonds is 3. The molecular formula is C14H11Cl2F2N. The zero-order chi connectivity index (χ0) is 14.0. The first-order valence-corrected chi connectivity index (χ1v) is 6.38. The van der Waals surface area contributed by atoms with Gasteiger partial charge >= 0.3 is 0 Å². The number of hydrogen-bond acceptors (Lipinski definition) is 1. The van der Waals surface area contributed by atoms with E-state index >= 15 is 0 Å². The molecule has 0 aliphatic carbocycles. The second kappa shape index (κ2) is 5.87. The van der Waals surface area contributed by atoms with E-state index in [2.05, 4.69) is 0 Å². The van der Waals surface area contributed by atoms with E-state index in [0.717, 1.165) is 18.2 Å². The van der Waals surface area contributed by atoms with Crippen LogP contribution in [-0.4, -0.2) is 0 Å². The number of halogens is 4. The largest absolute Gasteiger partial charge is 0.324 e. The van der Waals surface area contributed by atoms with E-state index in [9.17, 15) is 8.78 Å². The van der Waals surface area contributed by atoms with E-state index < -0.39 is 17.7 Å². The molecule has 0 saturated heterocycles. The van der Waals surface area contributed by atoms with Gasteiger partial charge in [-0.3, -0.25) is 0 Å². The Labute approximate surface area is 119 Å². The van der Waals surface area contributed by atoms with Gasteiger partial charge in [-0.25, -0.2) is 8.78 Å². The second-order valence-electron chi connectivity index (χ2n) is 4.19. The van der Waals surface area contributed by atoms with Gasteiger partial charge in [-0.15, -0.1) is 0 Å². The van der Waals surface area contributed by atoms with Crippen molar-refractivity contribution < 1.29 is 8.78 Å². The van der Waals surface area contributed by atoms with Crippen LogP contribution in [0.2, 0.25) is 10.0 Å². The predicted molar refractivity (Wildman–Crippen MR) is 73.5 cm³/mol. The van der Waals surface area contributed by atoms with E-state index in [1.54, 1.807) is 18.2 Å². The lowest BCUT2D eigenvalue weighted by molar-refractivity contribution is 0.573. The SMILES string of the molecule is NC(Cc1cc(F)ccc1F)c1cccc(Cl)c1Cl. The Hall–Kier alpha value is -1.16. The molecule has 2 rings (SSSR count). The molecule has 0 aliphatic rings. The molecule has 0 spiro atoms. The van der Waals surface area contributed by atoms with Gasteiger partial charge in [0.05, 0.1) is 10.0 Å². The van der Waals surface area contributed by atoms with Crippen molar-refractivity contribution >= 4 is 23.2 Å². The van der Waals surface area contributed by atoms with E-state index in [1.807, 2.05) is 0 Å². The summed E-state index contributed by atoms with van der Waals surface area (Å²) < 4.78 is 26.6. The Morgan fingerprint density at radius 1 is 1.11 bits per heavy atom. The average molecular weight is 302 g/mol. The highest BCUT2D eigenvalue weighted by Crippen LogP contribution is 2.30. The Balaban J connectivity index is 2.28. The van der Waals surface area contributed by atoms with Crippen LogP contribution < -0.4 is 5.73 Å². The van der Waals surface area contributed by atoms with Gasteiger partial charge in [-0.2, -0.15) is 0 Å². The summed E-state index contributed by atoms with van der Waals surface area (Å²) in [6.45, 7) is 0. The lowest BCUT2D eigenvalue weighted by Crippen LogP contribution is -2.15. The number of hydrogen-bond donors (Lipinski definition) is 1. The van der Waals surface area contributed by atoms with Crippen LogP contribution in [0.5, 0.6) is 0 Å². The molecule has 0 amide bonds. The van der Waals surface area contributed by atoms with Gasteiger partial charge in [0, 0.05) is 6.04 Å². The molecule has 0 heterocycles. The van der Waals surface area contributed by atoms with Crippen LogP contribution >= 0.6 is 23.2 Å². The van der Waals surface area contributed by atoms with E-state index in [0.29, 0.717) is 15.6 Å². The minimum Gasteiger partial charge on any atom is -0.324 e. The summed E-state index contributed by atoms with van der Waals surface area (Å²) in [5, 5.41) is 0.725. The Bertz CT molecular complexity index is 602. The number of benzene rings is 2. The van der Waals surface area contributed by atoms with Crippen molar-refractivity contribution in [2.45, 2.75) is 12.5 Å². The summed E-state index contributed by atoms with van der Waals surface area (Å²) in [7, 11) is 0. The quantitative estimate of drug-likeness (QED) is 0.886. The van der Waals surface area contributed by atoms with Crippen LogP contribution in [0.25, 0.3) is 0 Å². The predicted octanol–water partition coefficient (Wildman–Crippen LogP) is 4.51. The van der Waals surface area contributed by atoms with Gasteiger partial charge in [0.2, 0.25) is 0 Å². The lowest BCUT2D eigenvalue weighted by Gasteiger charge is -2.15. The molecule has 2 aromatic carbocycles. The third-order valence-corrected chi connectivity index (χ3v) is 3.66. The zero-order valence-electron chi connectivity index (χ0n) is 9.84. The average Bonchev–Trinajstić information content (AvgIpc) is 2.37. The van der Waals surface area contributed by atoms with Gasteiger partial charge in [0.1, 0.15) is 11.6 Å². The molecule has 1 nitrogen and oxygen atoms in total. The van der Waals surface area contributed by atoms with Crippen LogP contribution in [0, 0.1) is 11.6 Å². The van der Waals surface area contributed by atoms with Crippen molar-refractivity contribution in [3.63, 3.8) is 0 Å². The molecule has 100 valence electrons. The summed E-state index contributed by atoms with van der Waals surface area (Å²) in [4.78, 5) is 0. The smallest absolute Gasteiger partial charge is 0.126 e. The molecule has 2 aromatic rings. The van der Waals surface area contributed by atoms with Gasteiger partial charge in [-0.1, -0.05) is 35.3 Å². The summed E-state index contributed by atoms with van der Waals surface area (Å²) in [6.07, 6.45) is 0.143. The highest BCUT2D eigenvalue weighted by molar-refractivity contribution is 6.42. The first kappa shape index (κ1) is 14.3. The van der Waals surface area contributed by atoms with Crippen LogP contribution in [0.1, 0.15) is 17.2 Å². The molecule has 0 bridgehead atoms. The van der Waals surface area contributed by atoms with Crippen molar-refractivity contribution in [3.05, 3.63) is 69.2 Å². The van der Waals surface area contributed by atoms with Crippen LogP contribution in [-0.2, 0) is 6.42 Å². The molecule has 0 aromatic heterocycles. The fourth-order valence-electron chi connectivity index (χ4n) is 1.85. The van der Waals surface area contributed by atoms with Crippen LogP contribution in [0.3, 0.4) is 0 Å². The third kappa shape index (κ3) is 3.24. The highest BCUT2D eigenvalue weighted by atomic mass is 35.5. The summed E-state index contributed by atoms with van der Waals surface area (Å²) in [5.41, 5.74) is 6.80. The van der Waals surface area contributed by atoms with Crippen molar-refractivity contribution in [1.82, 2.24) is 0 Å². The number of nitrogens with two attached hydrogens (primary N) is 1. The monoisotopic (exact) mass is 301 g/mol. The minimum atomic E-state index is -0.553. The molecule has 0 radical (unpaired) electrons. The van der Waals surface area contributed by atoms with Crippen LogP contribution in [0.15, 0.2) is 36.4 Å². The van der Waals surface area contributed by atoms with Gasteiger partial charge < -0.3 is 5.73 Å². The van der Waals surface area contributed by atoms with E-state index in [-0.39, 0.29) is 12.0 Å². The maximum atomic E-state index is 13.5. The Morgan fingerprint density at radius 3 is 2.58 bits per heavy atom. The normalized spacial score (nSPS) is 12.5. The van der Waals surface area contributed by atoms with Gasteiger partial charge in [0.15, 0.2) is 0 Å². The van der Waals surface area contributed by atoms with Crippen molar-refractivity contribution in [2.24, 2.45) is 5.73 Å². The fraction of sp³-hybridized carbons (Fsp3) is 0.143.